The lowest BCUT2D eigenvalue weighted by Gasteiger charge is -2.03. The molecular formula is C5H12NO6P2+. The molecule has 4 N–H and O–H groups in total. The summed E-state index contributed by atoms with van der Waals surface area (Å²) in [6.45, 7) is 1.63. The van der Waals surface area contributed by atoms with E-state index in [0.29, 0.717) is 0 Å². The van der Waals surface area contributed by atoms with Gasteiger partial charge in [0.1, 0.15) is 0 Å². The van der Waals surface area contributed by atoms with E-state index in [1.807, 2.05) is 6.07 Å². The molecule has 0 spiro atoms. The minimum atomic E-state index is -3.88. The minimum absolute atomic E-state index is 0.193. The van der Waals surface area contributed by atoms with Crippen molar-refractivity contribution in [2.45, 2.75) is 13.3 Å². The molecular weight excluding hydrogens is 232 g/mol. The van der Waals surface area contributed by atoms with Crippen molar-refractivity contribution in [1.82, 2.24) is 0 Å². The van der Waals surface area contributed by atoms with Crippen LogP contribution >= 0.6 is 15.9 Å². The molecule has 14 heavy (non-hydrogen) atoms. The summed E-state index contributed by atoms with van der Waals surface area (Å²) < 4.78 is 18.9. The molecule has 0 saturated heterocycles. The summed E-state index contributed by atoms with van der Waals surface area (Å²) in [7, 11) is -6.75. The molecule has 0 aliphatic heterocycles. The first-order valence-electron chi connectivity index (χ1n) is 3.48. The third kappa shape index (κ3) is 22.6. The van der Waals surface area contributed by atoms with Gasteiger partial charge in [-0.05, 0) is 13.3 Å². The molecule has 7 nitrogen and oxygen atoms in total. The lowest BCUT2D eigenvalue weighted by molar-refractivity contribution is 0.369. The van der Waals surface area contributed by atoms with E-state index < -0.39 is 15.9 Å². The summed E-state index contributed by atoms with van der Waals surface area (Å²) in [6, 6.07) is 1.89. The van der Waals surface area contributed by atoms with Crippen LogP contribution in [-0.2, 0) is 9.13 Å². The average Bonchev–Trinajstić information content (AvgIpc) is 1.97. The zero-order valence-electron chi connectivity index (χ0n) is 7.44. The Labute approximate surface area is 82.1 Å². The maximum absolute atomic E-state index is 10.2. The third-order valence-corrected chi connectivity index (χ3v) is 1.91. The highest BCUT2D eigenvalue weighted by Gasteiger charge is 2.13. The number of rotatable bonds is 3. The second-order valence-electron chi connectivity index (χ2n) is 2.46. The number of hydrogen-bond acceptors (Lipinski definition) is 3. The summed E-state index contributed by atoms with van der Waals surface area (Å²) in [4.78, 5) is 31.0. The Balaban J connectivity index is 0. The van der Waals surface area contributed by atoms with Gasteiger partial charge in [0.05, 0.1) is 12.2 Å². The van der Waals surface area contributed by atoms with E-state index in [1.165, 1.54) is 0 Å². The van der Waals surface area contributed by atoms with Crippen molar-refractivity contribution in [1.29, 1.82) is 5.26 Å². The van der Waals surface area contributed by atoms with Crippen molar-refractivity contribution in [3.05, 3.63) is 0 Å². The Hall–Kier alpha value is -0.340. The van der Waals surface area contributed by atoms with Crippen LogP contribution in [0.2, 0.25) is 0 Å². The zero-order chi connectivity index (χ0) is 11.8. The average molecular weight is 244 g/mol. The highest BCUT2D eigenvalue weighted by molar-refractivity contribution is 7.51. The van der Waals surface area contributed by atoms with Gasteiger partial charge in [-0.2, -0.15) is 5.26 Å². The molecule has 0 aliphatic rings. The first kappa shape index (κ1) is 16.1. The number of nitrogens with zero attached hydrogens (tertiary/aromatic N) is 1. The molecule has 0 rings (SSSR count). The molecule has 0 bridgehead atoms. The normalized spacial score (nSPS) is 12.0. The topological polar surface area (TPSA) is 139 Å². The predicted octanol–water partition coefficient (Wildman–Crippen LogP) is 0.342. The van der Waals surface area contributed by atoms with Gasteiger partial charge in [-0.1, -0.05) is 0 Å². The molecule has 82 valence electrons. The third-order valence-electron chi connectivity index (χ3n) is 1.07. The van der Waals surface area contributed by atoms with Gasteiger partial charge >= 0.3 is 15.9 Å². The summed E-state index contributed by atoms with van der Waals surface area (Å²) in [6.07, 6.45) is 0.0719. The summed E-state index contributed by atoms with van der Waals surface area (Å²) in [5.41, 5.74) is 0. The van der Waals surface area contributed by atoms with E-state index in [4.69, 9.17) is 29.4 Å². The Morgan fingerprint density at radius 1 is 1.50 bits per heavy atom. The van der Waals surface area contributed by atoms with Crippen LogP contribution in [0.1, 0.15) is 13.3 Å². The van der Waals surface area contributed by atoms with Crippen molar-refractivity contribution in [2.75, 3.05) is 6.16 Å². The van der Waals surface area contributed by atoms with Gasteiger partial charge in [-0.15, -0.1) is 9.79 Å². The molecule has 0 aliphatic carbocycles. The van der Waals surface area contributed by atoms with Crippen molar-refractivity contribution < 1.29 is 28.7 Å². The fraction of sp³-hybridized carbons (Fsp3) is 0.800. The minimum Gasteiger partial charge on any atom is -0.324 e. The SMILES string of the molecule is CC(C#N)CCP(=O)(O)O.O=[P+](O)O. The number of hydrogen-bond donors (Lipinski definition) is 4. The monoisotopic (exact) mass is 244 g/mol. The van der Waals surface area contributed by atoms with E-state index in [2.05, 4.69) is 0 Å². The molecule has 9 heteroatoms. The fourth-order valence-corrected chi connectivity index (χ4v) is 1.15. The van der Waals surface area contributed by atoms with Crippen molar-refractivity contribution in [3.63, 3.8) is 0 Å². The molecule has 0 radical (unpaired) electrons. The molecule has 0 heterocycles. The Morgan fingerprint density at radius 3 is 2.07 bits per heavy atom. The quantitative estimate of drug-likeness (QED) is 0.525. The van der Waals surface area contributed by atoms with E-state index in [1.54, 1.807) is 6.92 Å². The number of nitriles is 1. The summed E-state index contributed by atoms with van der Waals surface area (Å²) in [5, 5.41) is 8.23. The van der Waals surface area contributed by atoms with Crippen molar-refractivity contribution in [3.8, 4) is 6.07 Å². The Kier molecular flexibility index (Phi) is 9.21. The van der Waals surface area contributed by atoms with Gasteiger partial charge in [-0.3, -0.25) is 4.57 Å². The summed E-state index contributed by atoms with van der Waals surface area (Å²) in [5.74, 6) is -0.271. The van der Waals surface area contributed by atoms with Crippen molar-refractivity contribution >= 4 is 15.9 Å². The first-order chi connectivity index (χ1) is 6.19. The smallest absolute Gasteiger partial charge is 0.324 e. The largest absolute Gasteiger partial charge is 0.692 e. The molecule has 0 aromatic heterocycles. The van der Waals surface area contributed by atoms with Crippen LogP contribution < -0.4 is 0 Å². The Bertz CT molecular complexity index is 251. The predicted molar refractivity (Wildman–Crippen MR) is 48.3 cm³/mol. The van der Waals surface area contributed by atoms with Gasteiger partial charge in [-0.25, -0.2) is 0 Å². The van der Waals surface area contributed by atoms with Gasteiger partial charge in [0.2, 0.25) is 0 Å². The maximum Gasteiger partial charge on any atom is 0.692 e. The first-order valence-corrected chi connectivity index (χ1v) is 6.44. The lowest BCUT2D eigenvalue weighted by Crippen LogP contribution is -1.95. The van der Waals surface area contributed by atoms with Crippen LogP contribution in [0.25, 0.3) is 0 Å². The van der Waals surface area contributed by atoms with Crippen LogP contribution in [0, 0.1) is 17.2 Å². The van der Waals surface area contributed by atoms with E-state index in [-0.39, 0.29) is 18.5 Å². The highest BCUT2D eigenvalue weighted by Crippen LogP contribution is 2.35. The Morgan fingerprint density at radius 2 is 1.86 bits per heavy atom. The van der Waals surface area contributed by atoms with Crippen LogP contribution in [-0.4, -0.2) is 25.7 Å². The molecule has 0 fully saturated rings. The highest BCUT2D eigenvalue weighted by atomic mass is 31.2. The van der Waals surface area contributed by atoms with Crippen LogP contribution in [0.5, 0.6) is 0 Å². The molecule has 0 aromatic rings. The van der Waals surface area contributed by atoms with Gasteiger partial charge in [0, 0.05) is 10.5 Å². The molecule has 1 atom stereocenters. The second-order valence-corrected chi connectivity index (χ2v) is 4.74. The van der Waals surface area contributed by atoms with E-state index >= 15 is 0 Å². The van der Waals surface area contributed by atoms with Gasteiger partial charge < -0.3 is 9.79 Å². The van der Waals surface area contributed by atoms with Gasteiger partial charge in [0.15, 0.2) is 0 Å². The fourth-order valence-electron chi connectivity index (χ4n) is 0.426. The standard InChI is InChI=1S/C5H10NO3P.HO3P/c1-5(4-6)2-3-10(7,8)9;1-4(2)3/h5H,2-3H2,1H3,(H2,7,8,9);(H-,1,2,3)/p+1. The van der Waals surface area contributed by atoms with E-state index in [9.17, 15) is 4.57 Å². The van der Waals surface area contributed by atoms with Crippen LogP contribution in [0.15, 0.2) is 0 Å². The summed E-state index contributed by atoms with van der Waals surface area (Å²) >= 11 is 0. The zero-order valence-corrected chi connectivity index (χ0v) is 9.23. The van der Waals surface area contributed by atoms with E-state index in [0.717, 1.165) is 0 Å². The molecule has 0 aromatic carbocycles. The maximum atomic E-state index is 10.2. The second kappa shape index (κ2) is 8.01. The molecule has 1 unspecified atom stereocenters. The van der Waals surface area contributed by atoms with Gasteiger partial charge in [0.25, 0.3) is 0 Å². The molecule has 0 saturated carbocycles. The lowest BCUT2D eigenvalue weighted by atomic mass is 10.1. The van der Waals surface area contributed by atoms with Crippen LogP contribution in [0.4, 0.5) is 0 Å². The van der Waals surface area contributed by atoms with Crippen molar-refractivity contribution in [2.24, 2.45) is 5.92 Å². The molecule has 0 amide bonds. The van der Waals surface area contributed by atoms with Crippen LogP contribution in [0.3, 0.4) is 0 Å².